The van der Waals surface area contributed by atoms with Crippen molar-refractivity contribution in [3.8, 4) is 10.6 Å². The fourth-order valence-electron chi connectivity index (χ4n) is 2.39. The highest BCUT2D eigenvalue weighted by Crippen LogP contribution is 2.26. The van der Waals surface area contributed by atoms with Crippen molar-refractivity contribution in [3.63, 3.8) is 0 Å². The van der Waals surface area contributed by atoms with Gasteiger partial charge in [0.05, 0.1) is 18.4 Å². The average Bonchev–Trinajstić information content (AvgIpc) is 3.13. The molecule has 0 unspecified atom stereocenters. The Kier molecular flexibility index (Phi) is 5.09. The molecule has 2 aromatic carbocycles. The minimum absolute atomic E-state index is 0.216. The van der Waals surface area contributed by atoms with Crippen LogP contribution in [0.3, 0.4) is 0 Å². The normalized spacial score (nSPS) is 10.4. The third-order valence-electron chi connectivity index (χ3n) is 3.74. The van der Waals surface area contributed by atoms with Crippen LogP contribution in [0.4, 0.5) is 10.1 Å². The molecule has 3 rings (SSSR count). The molecule has 0 atom stereocenters. The number of para-hydroxylation sites is 1. The Hall–Kier alpha value is -3.06. The third-order valence-corrected chi connectivity index (χ3v) is 4.64. The standard InChI is InChI=1S/C19H15FN2O3S/c1-11-4-3-5-14(19(24)25-2)16(11)22-17(23)15-10-26-18(21-15)12-6-8-13(20)9-7-12/h3-10H,1-2H3,(H,22,23). The molecule has 0 saturated heterocycles. The number of amides is 1. The van der Waals surface area contributed by atoms with Crippen molar-refractivity contribution in [3.05, 3.63) is 70.5 Å². The van der Waals surface area contributed by atoms with Gasteiger partial charge in [-0.2, -0.15) is 0 Å². The van der Waals surface area contributed by atoms with Gasteiger partial charge in [-0.3, -0.25) is 4.79 Å². The lowest BCUT2D eigenvalue weighted by atomic mass is 10.1. The molecule has 26 heavy (non-hydrogen) atoms. The number of methoxy groups -OCH3 is 1. The second-order valence-electron chi connectivity index (χ2n) is 5.49. The zero-order chi connectivity index (χ0) is 18.7. The zero-order valence-corrected chi connectivity index (χ0v) is 14.9. The van der Waals surface area contributed by atoms with Gasteiger partial charge in [0.25, 0.3) is 5.91 Å². The van der Waals surface area contributed by atoms with Crippen LogP contribution in [0.2, 0.25) is 0 Å². The van der Waals surface area contributed by atoms with E-state index in [1.807, 2.05) is 0 Å². The van der Waals surface area contributed by atoms with Gasteiger partial charge in [-0.05, 0) is 42.8 Å². The van der Waals surface area contributed by atoms with E-state index in [0.29, 0.717) is 10.7 Å². The molecule has 1 amide bonds. The summed E-state index contributed by atoms with van der Waals surface area (Å²) in [6.07, 6.45) is 0. The molecule has 3 aromatic rings. The summed E-state index contributed by atoms with van der Waals surface area (Å²) < 4.78 is 17.8. The Bertz CT molecular complexity index is 967. The smallest absolute Gasteiger partial charge is 0.339 e. The predicted molar refractivity (Wildman–Crippen MR) is 98.0 cm³/mol. The van der Waals surface area contributed by atoms with E-state index in [4.69, 9.17) is 4.74 Å². The average molecular weight is 370 g/mol. The minimum atomic E-state index is -0.533. The van der Waals surface area contributed by atoms with Crippen LogP contribution in [0.15, 0.2) is 47.8 Å². The van der Waals surface area contributed by atoms with Gasteiger partial charge >= 0.3 is 5.97 Å². The summed E-state index contributed by atoms with van der Waals surface area (Å²) in [7, 11) is 1.28. The van der Waals surface area contributed by atoms with E-state index in [9.17, 15) is 14.0 Å². The Morgan fingerprint density at radius 3 is 2.58 bits per heavy atom. The summed E-state index contributed by atoms with van der Waals surface area (Å²) >= 11 is 1.28. The predicted octanol–water partition coefficient (Wildman–Crippen LogP) is 4.30. The van der Waals surface area contributed by atoms with E-state index in [1.165, 1.54) is 30.6 Å². The number of thiazole rings is 1. The number of hydrogen-bond acceptors (Lipinski definition) is 5. The van der Waals surface area contributed by atoms with Crippen molar-refractivity contribution in [2.75, 3.05) is 12.4 Å². The molecule has 0 fully saturated rings. The summed E-state index contributed by atoms with van der Waals surface area (Å²) in [6.45, 7) is 1.78. The third kappa shape index (κ3) is 3.62. The van der Waals surface area contributed by atoms with Crippen molar-refractivity contribution in [1.82, 2.24) is 4.98 Å². The Morgan fingerprint density at radius 1 is 1.15 bits per heavy atom. The lowest BCUT2D eigenvalue weighted by Gasteiger charge is -2.11. The lowest BCUT2D eigenvalue weighted by molar-refractivity contribution is 0.0602. The maximum absolute atomic E-state index is 13.0. The highest BCUT2D eigenvalue weighted by molar-refractivity contribution is 7.13. The Labute approximate surface area is 153 Å². The number of rotatable bonds is 4. The van der Waals surface area contributed by atoms with Gasteiger partial charge in [-0.1, -0.05) is 12.1 Å². The minimum Gasteiger partial charge on any atom is -0.465 e. The first-order valence-electron chi connectivity index (χ1n) is 7.70. The van der Waals surface area contributed by atoms with Crippen molar-refractivity contribution < 1.29 is 18.7 Å². The lowest BCUT2D eigenvalue weighted by Crippen LogP contribution is -2.16. The molecular weight excluding hydrogens is 355 g/mol. The first-order valence-corrected chi connectivity index (χ1v) is 8.58. The van der Waals surface area contributed by atoms with Gasteiger partial charge in [-0.15, -0.1) is 11.3 Å². The number of carbonyl (C=O) groups excluding carboxylic acids is 2. The van der Waals surface area contributed by atoms with Crippen LogP contribution >= 0.6 is 11.3 Å². The number of ether oxygens (including phenoxy) is 1. The molecule has 7 heteroatoms. The highest BCUT2D eigenvalue weighted by atomic mass is 32.1. The van der Waals surface area contributed by atoms with Crippen LogP contribution in [0, 0.1) is 12.7 Å². The van der Waals surface area contributed by atoms with Gasteiger partial charge in [0, 0.05) is 10.9 Å². The number of nitrogens with zero attached hydrogens (tertiary/aromatic N) is 1. The number of halogens is 1. The summed E-state index contributed by atoms with van der Waals surface area (Å²) in [5.74, 6) is -1.30. The second-order valence-corrected chi connectivity index (χ2v) is 6.35. The van der Waals surface area contributed by atoms with Crippen LogP contribution in [-0.4, -0.2) is 24.0 Å². The molecule has 0 aliphatic carbocycles. The summed E-state index contributed by atoms with van der Waals surface area (Å²) in [5, 5.41) is 4.95. The van der Waals surface area contributed by atoms with Crippen molar-refractivity contribution in [2.45, 2.75) is 6.92 Å². The maximum atomic E-state index is 13.0. The van der Waals surface area contributed by atoms with E-state index in [0.717, 1.165) is 11.1 Å². The van der Waals surface area contributed by atoms with Crippen LogP contribution in [-0.2, 0) is 4.74 Å². The van der Waals surface area contributed by atoms with Gasteiger partial charge in [-0.25, -0.2) is 14.2 Å². The molecule has 5 nitrogen and oxygen atoms in total. The molecule has 1 N–H and O–H groups in total. The monoisotopic (exact) mass is 370 g/mol. The van der Waals surface area contributed by atoms with E-state index in [1.54, 1.807) is 42.6 Å². The van der Waals surface area contributed by atoms with Crippen LogP contribution in [0.5, 0.6) is 0 Å². The first-order chi connectivity index (χ1) is 12.5. The number of aromatic nitrogens is 1. The molecule has 0 saturated carbocycles. The Morgan fingerprint density at radius 2 is 1.88 bits per heavy atom. The fourth-order valence-corrected chi connectivity index (χ4v) is 3.20. The number of anilines is 1. The summed E-state index contributed by atoms with van der Waals surface area (Å²) in [6, 6.07) is 11.0. The highest BCUT2D eigenvalue weighted by Gasteiger charge is 2.18. The maximum Gasteiger partial charge on any atom is 0.339 e. The van der Waals surface area contributed by atoms with Crippen molar-refractivity contribution in [1.29, 1.82) is 0 Å². The Balaban J connectivity index is 1.86. The molecule has 0 aliphatic heterocycles. The molecule has 0 bridgehead atoms. The van der Waals surface area contributed by atoms with Gasteiger partial charge in [0.15, 0.2) is 0 Å². The molecule has 0 spiro atoms. The number of esters is 1. The van der Waals surface area contributed by atoms with Gasteiger partial charge in [0.2, 0.25) is 0 Å². The molecule has 0 radical (unpaired) electrons. The van der Waals surface area contributed by atoms with Gasteiger partial charge in [0.1, 0.15) is 16.5 Å². The number of aryl methyl sites for hydroxylation is 1. The van der Waals surface area contributed by atoms with Crippen LogP contribution in [0.1, 0.15) is 26.4 Å². The number of carbonyl (C=O) groups is 2. The first kappa shape index (κ1) is 17.8. The zero-order valence-electron chi connectivity index (χ0n) is 14.1. The van der Waals surface area contributed by atoms with Crippen LogP contribution in [0.25, 0.3) is 10.6 Å². The number of nitrogens with one attached hydrogen (secondary N) is 1. The number of benzene rings is 2. The largest absolute Gasteiger partial charge is 0.465 e. The topological polar surface area (TPSA) is 68.3 Å². The SMILES string of the molecule is COC(=O)c1cccc(C)c1NC(=O)c1csc(-c2ccc(F)cc2)n1. The molecule has 1 aromatic heterocycles. The van der Waals surface area contributed by atoms with E-state index in [-0.39, 0.29) is 17.1 Å². The number of hydrogen-bond donors (Lipinski definition) is 1. The van der Waals surface area contributed by atoms with Crippen molar-refractivity contribution >= 4 is 28.9 Å². The second kappa shape index (κ2) is 7.45. The quantitative estimate of drug-likeness (QED) is 0.696. The fraction of sp³-hybridized carbons (Fsp3) is 0.105. The molecule has 1 heterocycles. The van der Waals surface area contributed by atoms with E-state index in [2.05, 4.69) is 10.3 Å². The van der Waals surface area contributed by atoms with E-state index >= 15 is 0 Å². The van der Waals surface area contributed by atoms with Crippen LogP contribution < -0.4 is 5.32 Å². The van der Waals surface area contributed by atoms with Gasteiger partial charge < -0.3 is 10.1 Å². The molecular formula is C19H15FN2O3S. The van der Waals surface area contributed by atoms with Crippen molar-refractivity contribution in [2.24, 2.45) is 0 Å². The molecule has 0 aliphatic rings. The molecule has 132 valence electrons. The summed E-state index contributed by atoms with van der Waals surface area (Å²) in [5.41, 5.74) is 2.33. The summed E-state index contributed by atoms with van der Waals surface area (Å²) in [4.78, 5) is 28.8. The van der Waals surface area contributed by atoms with E-state index < -0.39 is 11.9 Å².